The fourth-order valence-electron chi connectivity index (χ4n) is 1.85. The van der Waals surface area contributed by atoms with Crippen LogP contribution in [0.3, 0.4) is 0 Å². The van der Waals surface area contributed by atoms with Crippen molar-refractivity contribution in [2.45, 2.75) is 0 Å². The van der Waals surface area contributed by atoms with Gasteiger partial charge in [-0.15, -0.1) is 0 Å². The van der Waals surface area contributed by atoms with Crippen molar-refractivity contribution in [2.24, 2.45) is 0 Å². The van der Waals surface area contributed by atoms with Crippen LogP contribution >= 0.6 is 0 Å². The summed E-state index contributed by atoms with van der Waals surface area (Å²) in [6.07, 6.45) is 3.43. The Balaban J connectivity index is 2.05. The number of aromatic nitrogens is 3. The van der Waals surface area contributed by atoms with E-state index in [1.54, 1.807) is 35.0 Å². The lowest BCUT2D eigenvalue weighted by Gasteiger charge is -2.02. The Bertz CT molecular complexity index is 725. The second-order valence-corrected chi connectivity index (χ2v) is 3.99. The van der Waals surface area contributed by atoms with Gasteiger partial charge in [-0.3, -0.25) is 4.40 Å². The fraction of sp³-hybridized carbons (Fsp3) is 0.0769. The van der Waals surface area contributed by atoms with E-state index in [1.807, 2.05) is 12.3 Å². The van der Waals surface area contributed by atoms with Crippen LogP contribution in [0.1, 0.15) is 0 Å². The number of rotatable bonds is 3. The molecule has 96 valence electrons. The van der Waals surface area contributed by atoms with E-state index in [0.717, 1.165) is 11.3 Å². The largest absolute Gasteiger partial charge is 0.463 e. The standard InChI is InChI=1S/C13H11FN4O/c14-7-19-10-3-1-2-9(4-10)11-6-18-8-16-12(15)5-13(18)17-11/h1-6,8H,7,15H2. The molecular weight excluding hydrogens is 247 g/mol. The van der Waals surface area contributed by atoms with E-state index in [0.29, 0.717) is 17.2 Å². The molecule has 1 aromatic carbocycles. The molecule has 0 saturated carbocycles. The minimum atomic E-state index is -0.852. The number of anilines is 1. The zero-order valence-electron chi connectivity index (χ0n) is 9.95. The van der Waals surface area contributed by atoms with Crippen molar-refractivity contribution in [1.29, 1.82) is 0 Å². The van der Waals surface area contributed by atoms with Gasteiger partial charge in [0.1, 0.15) is 23.5 Å². The highest BCUT2D eigenvalue weighted by Crippen LogP contribution is 2.23. The number of nitrogens with two attached hydrogens (primary N) is 1. The SMILES string of the molecule is Nc1cc2nc(-c3cccc(OCF)c3)cn2cn1. The van der Waals surface area contributed by atoms with E-state index < -0.39 is 6.86 Å². The first-order valence-corrected chi connectivity index (χ1v) is 5.66. The van der Waals surface area contributed by atoms with Gasteiger partial charge in [0.25, 0.3) is 0 Å². The van der Waals surface area contributed by atoms with Crippen molar-refractivity contribution in [3.8, 4) is 17.0 Å². The summed E-state index contributed by atoms with van der Waals surface area (Å²) >= 11 is 0. The summed E-state index contributed by atoms with van der Waals surface area (Å²) < 4.78 is 18.8. The third-order valence-electron chi connectivity index (χ3n) is 2.72. The maximum absolute atomic E-state index is 12.2. The zero-order chi connectivity index (χ0) is 13.2. The van der Waals surface area contributed by atoms with Gasteiger partial charge in [0.2, 0.25) is 6.86 Å². The van der Waals surface area contributed by atoms with Gasteiger partial charge in [0.15, 0.2) is 0 Å². The molecule has 2 heterocycles. The summed E-state index contributed by atoms with van der Waals surface area (Å²) in [5.41, 5.74) is 7.90. The summed E-state index contributed by atoms with van der Waals surface area (Å²) in [6.45, 7) is -0.852. The Morgan fingerprint density at radius 3 is 3.05 bits per heavy atom. The minimum Gasteiger partial charge on any atom is -0.463 e. The summed E-state index contributed by atoms with van der Waals surface area (Å²) in [4.78, 5) is 8.43. The number of hydrogen-bond donors (Lipinski definition) is 1. The van der Waals surface area contributed by atoms with Crippen molar-refractivity contribution >= 4 is 11.5 Å². The highest BCUT2D eigenvalue weighted by molar-refractivity contribution is 5.64. The number of nitrogen functional groups attached to an aromatic ring is 1. The molecule has 2 aromatic heterocycles. The molecule has 0 radical (unpaired) electrons. The van der Waals surface area contributed by atoms with Crippen molar-refractivity contribution in [1.82, 2.24) is 14.4 Å². The van der Waals surface area contributed by atoms with E-state index >= 15 is 0 Å². The molecule has 0 aliphatic rings. The molecule has 3 aromatic rings. The van der Waals surface area contributed by atoms with E-state index in [1.165, 1.54) is 0 Å². The molecule has 0 amide bonds. The Hall–Kier alpha value is -2.63. The molecule has 6 heteroatoms. The lowest BCUT2D eigenvalue weighted by atomic mass is 10.1. The van der Waals surface area contributed by atoms with E-state index in [-0.39, 0.29) is 0 Å². The van der Waals surface area contributed by atoms with Crippen LogP contribution in [0.4, 0.5) is 10.2 Å². The molecule has 19 heavy (non-hydrogen) atoms. The number of imidazole rings is 1. The van der Waals surface area contributed by atoms with Gasteiger partial charge in [-0.05, 0) is 12.1 Å². The first-order valence-electron chi connectivity index (χ1n) is 5.66. The zero-order valence-corrected chi connectivity index (χ0v) is 9.95. The fourth-order valence-corrected chi connectivity index (χ4v) is 1.85. The maximum atomic E-state index is 12.2. The Kier molecular flexibility index (Phi) is 2.75. The Morgan fingerprint density at radius 1 is 1.32 bits per heavy atom. The van der Waals surface area contributed by atoms with Crippen LogP contribution in [0.2, 0.25) is 0 Å². The van der Waals surface area contributed by atoms with Crippen LogP contribution in [0.25, 0.3) is 16.9 Å². The second-order valence-electron chi connectivity index (χ2n) is 3.99. The van der Waals surface area contributed by atoms with Gasteiger partial charge in [-0.25, -0.2) is 14.4 Å². The smallest absolute Gasteiger partial charge is 0.228 e. The molecule has 5 nitrogen and oxygen atoms in total. The van der Waals surface area contributed by atoms with Crippen molar-refractivity contribution in [2.75, 3.05) is 12.6 Å². The Labute approximate surface area is 108 Å². The van der Waals surface area contributed by atoms with Crippen molar-refractivity contribution in [3.63, 3.8) is 0 Å². The summed E-state index contributed by atoms with van der Waals surface area (Å²) in [5.74, 6) is 0.883. The highest BCUT2D eigenvalue weighted by atomic mass is 19.1. The molecule has 0 unspecified atom stereocenters. The van der Waals surface area contributed by atoms with Gasteiger partial charge < -0.3 is 10.5 Å². The lowest BCUT2D eigenvalue weighted by Crippen LogP contribution is -1.92. The molecule has 0 aliphatic carbocycles. The number of alkyl halides is 1. The number of halogens is 1. The molecule has 2 N–H and O–H groups in total. The predicted molar refractivity (Wildman–Crippen MR) is 69.4 cm³/mol. The highest BCUT2D eigenvalue weighted by Gasteiger charge is 2.06. The average molecular weight is 258 g/mol. The van der Waals surface area contributed by atoms with Crippen LogP contribution < -0.4 is 10.5 Å². The van der Waals surface area contributed by atoms with Gasteiger partial charge in [0.05, 0.1) is 5.69 Å². The Morgan fingerprint density at radius 2 is 2.21 bits per heavy atom. The molecule has 0 fully saturated rings. The van der Waals surface area contributed by atoms with Gasteiger partial charge in [0, 0.05) is 17.8 Å². The van der Waals surface area contributed by atoms with E-state index in [9.17, 15) is 4.39 Å². The number of nitrogens with zero attached hydrogens (tertiary/aromatic N) is 3. The summed E-state index contributed by atoms with van der Waals surface area (Å²) in [7, 11) is 0. The van der Waals surface area contributed by atoms with Crippen LogP contribution in [-0.2, 0) is 0 Å². The first-order chi connectivity index (χ1) is 9.26. The monoisotopic (exact) mass is 258 g/mol. The quantitative estimate of drug-likeness (QED) is 0.782. The molecule has 0 atom stereocenters. The molecule has 0 aliphatic heterocycles. The lowest BCUT2D eigenvalue weighted by molar-refractivity contribution is 0.192. The number of hydrogen-bond acceptors (Lipinski definition) is 4. The molecule has 3 rings (SSSR count). The number of fused-ring (bicyclic) bond motifs is 1. The normalized spacial score (nSPS) is 10.8. The van der Waals surface area contributed by atoms with E-state index in [2.05, 4.69) is 9.97 Å². The van der Waals surface area contributed by atoms with Gasteiger partial charge >= 0.3 is 0 Å². The molecule has 0 spiro atoms. The molecule has 0 bridgehead atoms. The minimum absolute atomic E-state index is 0.416. The number of ether oxygens (including phenoxy) is 1. The first kappa shape index (κ1) is 11.5. The summed E-state index contributed by atoms with van der Waals surface area (Å²) in [5, 5.41) is 0. The third kappa shape index (κ3) is 2.20. The molecule has 0 saturated heterocycles. The molecular formula is C13H11FN4O. The topological polar surface area (TPSA) is 65.4 Å². The number of benzene rings is 1. The van der Waals surface area contributed by atoms with E-state index in [4.69, 9.17) is 10.5 Å². The van der Waals surface area contributed by atoms with Gasteiger partial charge in [-0.2, -0.15) is 0 Å². The summed E-state index contributed by atoms with van der Waals surface area (Å²) in [6, 6.07) is 8.78. The van der Waals surface area contributed by atoms with Crippen LogP contribution in [0.15, 0.2) is 42.9 Å². The second kappa shape index (κ2) is 4.56. The van der Waals surface area contributed by atoms with Crippen LogP contribution in [0.5, 0.6) is 5.75 Å². The van der Waals surface area contributed by atoms with Gasteiger partial charge in [-0.1, -0.05) is 12.1 Å². The van der Waals surface area contributed by atoms with Crippen molar-refractivity contribution < 1.29 is 9.13 Å². The van der Waals surface area contributed by atoms with Crippen LogP contribution in [-0.4, -0.2) is 21.2 Å². The van der Waals surface area contributed by atoms with Crippen molar-refractivity contribution in [3.05, 3.63) is 42.9 Å². The maximum Gasteiger partial charge on any atom is 0.228 e. The third-order valence-corrected chi connectivity index (χ3v) is 2.72. The van der Waals surface area contributed by atoms with Crippen LogP contribution in [0, 0.1) is 0 Å². The predicted octanol–water partition coefficient (Wildman–Crippen LogP) is 2.28. The average Bonchev–Trinajstić information content (AvgIpc) is 2.82.